The Morgan fingerprint density at radius 3 is 1.41 bits per heavy atom. The molecule has 0 aliphatic heterocycles. The molecule has 0 spiro atoms. The number of ether oxygens (including phenoxy) is 1. The van der Waals surface area contributed by atoms with Crippen LogP contribution in [0.4, 0.5) is 0 Å². The van der Waals surface area contributed by atoms with Gasteiger partial charge in [0.2, 0.25) is 0 Å². The summed E-state index contributed by atoms with van der Waals surface area (Å²) in [6, 6.07) is 103. The number of rotatable bonds is 11. The van der Waals surface area contributed by atoms with Crippen LogP contribution in [-0.4, -0.2) is 9.55 Å². The number of nitrogens with zero attached hydrogens (tertiary/aromatic N) is 3. The van der Waals surface area contributed by atoms with Crippen LogP contribution < -0.4 is 9.30 Å². The van der Waals surface area contributed by atoms with Gasteiger partial charge < -0.3 is 9.30 Å². The summed E-state index contributed by atoms with van der Waals surface area (Å²) >= 11 is 0. The van der Waals surface area contributed by atoms with E-state index in [9.17, 15) is 0 Å². The van der Waals surface area contributed by atoms with Gasteiger partial charge in [-0.3, -0.25) is 9.55 Å². The van der Waals surface area contributed by atoms with Crippen molar-refractivity contribution in [3.05, 3.63) is 291 Å². The van der Waals surface area contributed by atoms with Crippen molar-refractivity contribution in [3.8, 4) is 101 Å². The molecule has 0 saturated carbocycles. The van der Waals surface area contributed by atoms with Crippen LogP contribution >= 0.6 is 0 Å². The number of para-hydroxylation sites is 4. The molecule has 0 amide bonds. The molecule has 2 heterocycles. The Hall–Kier alpha value is -9.21. The summed E-state index contributed by atoms with van der Waals surface area (Å²) in [6.07, 6.45) is 3.89. The van der Waals surface area contributed by atoms with Crippen molar-refractivity contribution in [3.63, 3.8) is 0 Å². The summed E-state index contributed by atoms with van der Waals surface area (Å²) in [5, 5.41) is 1.09. The number of hydrogen-bond acceptors (Lipinski definition) is 2. The standard InChI is InChI=1S/C70H45N3O.Pt/c1-5-20-49(21-6-1)55-40-56(50-22-7-2-8-23-50)43-59(42-55)64-33-19-34-65(60-44-57(51-24-9-3-10-25-51)41-58(45-60)52-26-11-4-12-27-52)70(64)73-48-72(68-36-15-16-37-69(68)73)61-30-18-32-63(47-61)74-62-31-17-29-54(46-62)67-39-38-53-28-13-14-35-66(53)71-67;/h1-45H;/q-2;. The monoisotopic (exact) mass is 1140 g/mol. The largest absolute Gasteiger partial charge is 0.503 e. The summed E-state index contributed by atoms with van der Waals surface area (Å²) in [4.78, 5) is 4.92. The Morgan fingerprint density at radius 1 is 0.373 bits per heavy atom. The molecule has 13 aromatic rings. The Bertz CT molecular complexity index is 3900. The minimum atomic E-state index is 0. The smallest absolute Gasteiger partial charge is 0.268 e. The van der Waals surface area contributed by atoms with Gasteiger partial charge in [-0.1, -0.05) is 200 Å². The van der Waals surface area contributed by atoms with Gasteiger partial charge in [-0.05, 0) is 126 Å². The number of hydrogen-bond donors (Lipinski definition) is 0. The molecular formula is C70H45N3OPt-2. The topological polar surface area (TPSA) is 30.9 Å². The van der Waals surface area contributed by atoms with E-state index in [-0.39, 0.29) is 21.1 Å². The van der Waals surface area contributed by atoms with Gasteiger partial charge >= 0.3 is 0 Å². The first kappa shape index (κ1) is 46.8. The number of fused-ring (bicyclic) bond motifs is 2. The fourth-order valence-electron chi connectivity index (χ4n) is 10.0. The molecular weight excluding hydrogens is 1090 g/mol. The van der Waals surface area contributed by atoms with Crippen molar-refractivity contribution in [1.82, 2.24) is 9.55 Å². The molecule has 0 aliphatic carbocycles. The summed E-state index contributed by atoms with van der Waals surface area (Å²) in [5.74, 6) is 1.12. The number of benzene rings is 11. The average Bonchev–Trinajstić information content (AvgIpc) is 3.92. The first-order valence-corrected chi connectivity index (χ1v) is 24.9. The second kappa shape index (κ2) is 20.7. The van der Waals surface area contributed by atoms with Gasteiger partial charge in [-0.25, -0.2) is 0 Å². The molecule has 0 aliphatic rings. The number of aromatic nitrogens is 3. The molecule has 2 aromatic heterocycles. The van der Waals surface area contributed by atoms with Crippen molar-refractivity contribution < 1.29 is 30.4 Å². The van der Waals surface area contributed by atoms with Crippen LogP contribution in [0, 0.1) is 18.5 Å². The Balaban J connectivity index is 0.00000569. The van der Waals surface area contributed by atoms with Crippen LogP contribution in [0.3, 0.4) is 0 Å². The van der Waals surface area contributed by atoms with Crippen molar-refractivity contribution in [2.24, 2.45) is 0 Å². The van der Waals surface area contributed by atoms with Gasteiger partial charge in [0.25, 0.3) is 6.33 Å². The second-order valence-corrected chi connectivity index (χ2v) is 18.3. The minimum Gasteiger partial charge on any atom is -0.503 e. The summed E-state index contributed by atoms with van der Waals surface area (Å²) in [5.41, 5.74) is 19.7. The van der Waals surface area contributed by atoms with E-state index in [2.05, 4.69) is 246 Å². The van der Waals surface area contributed by atoms with E-state index < -0.39 is 0 Å². The molecule has 4 nitrogen and oxygen atoms in total. The third kappa shape index (κ3) is 9.52. The van der Waals surface area contributed by atoms with E-state index in [1.54, 1.807) is 0 Å². The van der Waals surface area contributed by atoms with Crippen LogP contribution in [0.1, 0.15) is 0 Å². The zero-order chi connectivity index (χ0) is 49.2. The van der Waals surface area contributed by atoms with E-state index >= 15 is 0 Å². The molecule has 0 radical (unpaired) electrons. The summed E-state index contributed by atoms with van der Waals surface area (Å²) in [7, 11) is 0. The van der Waals surface area contributed by atoms with E-state index in [1.165, 1.54) is 0 Å². The molecule has 0 bridgehead atoms. The van der Waals surface area contributed by atoms with Gasteiger partial charge in [-0.2, -0.15) is 12.1 Å². The van der Waals surface area contributed by atoms with Gasteiger partial charge in [0.15, 0.2) is 0 Å². The van der Waals surface area contributed by atoms with Crippen molar-refractivity contribution in [2.75, 3.05) is 0 Å². The molecule has 13 rings (SSSR count). The normalized spacial score (nSPS) is 11.1. The average molecular weight is 1140 g/mol. The molecule has 0 saturated heterocycles. The molecule has 5 heteroatoms. The number of pyridine rings is 1. The predicted molar refractivity (Wildman–Crippen MR) is 301 cm³/mol. The first-order valence-electron chi connectivity index (χ1n) is 24.9. The van der Waals surface area contributed by atoms with E-state index in [0.717, 1.165) is 111 Å². The fraction of sp³-hybridized carbons (Fsp3) is 0. The Kier molecular flexibility index (Phi) is 12.9. The molecule has 11 aromatic carbocycles. The third-order valence-electron chi connectivity index (χ3n) is 13.6. The van der Waals surface area contributed by atoms with Crippen LogP contribution in [0.25, 0.3) is 111 Å². The number of imidazole rings is 1. The minimum absolute atomic E-state index is 0. The second-order valence-electron chi connectivity index (χ2n) is 18.3. The van der Waals surface area contributed by atoms with Gasteiger partial charge in [0.1, 0.15) is 0 Å². The van der Waals surface area contributed by atoms with Crippen molar-refractivity contribution in [2.45, 2.75) is 0 Å². The first-order chi connectivity index (χ1) is 36.6. The molecule has 0 fully saturated rings. The maximum Gasteiger partial charge on any atom is 0.268 e. The van der Waals surface area contributed by atoms with E-state index in [1.807, 2.05) is 54.6 Å². The zero-order valence-corrected chi connectivity index (χ0v) is 42.8. The Labute approximate surface area is 451 Å². The van der Waals surface area contributed by atoms with Crippen LogP contribution in [0.5, 0.6) is 11.5 Å². The van der Waals surface area contributed by atoms with Crippen LogP contribution in [0.15, 0.2) is 273 Å². The molecule has 75 heavy (non-hydrogen) atoms. The molecule has 358 valence electrons. The molecule has 0 unspecified atom stereocenters. The SMILES string of the molecule is [Pt].[c-]1c(Oc2[c-]c(-n3[c-][n+](-c4c(-c5cc(-c6ccccc6)cc(-c6ccccc6)c5)cccc4-c4cc(-c5ccccc5)cc(-c5ccccc5)c4)c4ccccc43)ccc2)cccc1-c1ccc2ccccc2n1. The third-order valence-corrected chi connectivity index (χ3v) is 13.6. The van der Waals surface area contributed by atoms with Gasteiger partial charge in [0.05, 0.1) is 22.2 Å². The van der Waals surface area contributed by atoms with Crippen molar-refractivity contribution in [1.29, 1.82) is 0 Å². The van der Waals surface area contributed by atoms with Crippen LogP contribution in [0.2, 0.25) is 0 Å². The fourth-order valence-corrected chi connectivity index (χ4v) is 10.0. The maximum absolute atomic E-state index is 6.57. The quantitative estimate of drug-likeness (QED) is 0.0955. The predicted octanol–water partition coefficient (Wildman–Crippen LogP) is 17.3. The zero-order valence-electron chi connectivity index (χ0n) is 40.5. The maximum atomic E-state index is 6.57. The summed E-state index contributed by atoms with van der Waals surface area (Å²) < 4.78 is 10.9. The van der Waals surface area contributed by atoms with Crippen molar-refractivity contribution >= 4 is 21.9 Å². The molecule has 0 N–H and O–H groups in total. The van der Waals surface area contributed by atoms with Gasteiger partial charge in [0, 0.05) is 32.6 Å². The molecule has 0 atom stereocenters. The van der Waals surface area contributed by atoms with Gasteiger partial charge in [-0.15, -0.1) is 35.9 Å². The van der Waals surface area contributed by atoms with E-state index in [4.69, 9.17) is 9.72 Å². The van der Waals surface area contributed by atoms with E-state index in [0.29, 0.717) is 11.5 Å². The Morgan fingerprint density at radius 2 is 0.840 bits per heavy atom. The van der Waals surface area contributed by atoms with Crippen LogP contribution in [-0.2, 0) is 21.1 Å². The summed E-state index contributed by atoms with van der Waals surface area (Å²) in [6.45, 7) is 0.